The Morgan fingerprint density at radius 2 is 2.07 bits per heavy atom. The standard InChI is InChI=1S/C9H13N5/c10-8(9-11-13-14-12-9)6-7-4-2-1-3-5-7/h1-5,8,13-14H,6,10H2,(H,11,12)/t8-/m0/s1. The second-order valence-electron chi connectivity index (χ2n) is 3.16. The van der Waals surface area contributed by atoms with Crippen LogP contribution in [-0.2, 0) is 6.42 Å². The van der Waals surface area contributed by atoms with E-state index >= 15 is 0 Å². The fourth-order valence-electron chi connectivity index (χ4n) is 1.35. The van der Waals surface area contributed by atoms with Gasteiger partial charge in [0.1, 0.15) is 0 Å². The summed E-state index contributed by atoms with van der Waals surface area (Å²) in [5.41, 5.74) is 15.2. The summed E-state index contributed by atoms with van der Waals surface area (Å²) in [6, 6.07) is 9.99. The van der Waals surface area contributed by atoms with Gasteiger partial charge in [0.15, 0.2) is 5.84 Å². The summed E-state index contributed by atoms with van der Waals surface area (Å²) in [6.07, 6.45) is 0.774. The zero-order valence-corrected chi connectivity index (χ0v) is 7.70. The van der Waals surface area contributed by atoms with E-state index in [0.717, 1.165) is 12.3 Å². The summed E-state index contributed by atoms with van der Waals surface area (Å²) >= 11 is 0. The number of rotatable bonds is 3. The van der Waals surface area contributed by atoms with Gasteiger partial charge in [-0.3, -0.25) is 5.43 Å². The molecule has 0 saturated carbocycles. The normalized spacial score (nSPS) is 16.8. The van der Waals surface area contributed by atoms with E-state index in [0.29, 0.717) is 0 Å². The van der Waals surface area contributed by atoms with Crippen LogP contribution in [0.1, 0.15) is 5.56 Å². The number of amidine groups is 1. The van der Waals surface area contributed by atoms with Crippen LogP contribution in [0.2, 0.25) is 0 Å². The van der Waals surface area contributed by atoms with Gasteiger partial charge in [0.05, 0.1) is 6.04 Å². The molecule has 1 aromatic carbocycles. The molecule has 1 aliphatic rings. The van der Waals surface area contributed by atoms with Gasteiger partial charge in [-0.25, -0.2) is 5.53 Å². The first kappa shape index (κ1) is 8.98. The molecule has 0 aliphatic carbocycles. The number of hydrazine groups is 2. The molecule has 5 nitrogen and oxygen atoms in total. The van der Waals surface area contributed by atoms with Crippen molar-refractivity contribution in [2.24, 2.45) is 10.8 Å². The van der Waals surface area contributed by atoms with E-state index in [-0.39, 0.29) is 6.04 Å². The van der Waals surface area contributed by atoms with Gasteiger partial charge in [-0.05, 0) is 12.0 Å². The van der Waals surface area contributed by atoms with Crippen molar-refractivity contribution in [3.63, 3.8) is 0 Å². The Bertz CT molecular complexity index is 321. The number of hydrogen-bond donors (Lipinski definition) is 4. The van der Waals surface area contributed by atoms with Crippen LogP contribution in [0.15, 0.2) is 35.4 Å². The fraction of sp³-hybridized carbons (Fsp3) is 0.222. The SMILES string of the molecule is N[C@@H](Cc1ccccc1)C1=NNNN1. The molecule has 0 saturated heterocycles. The van der Waals surface area contributed by atoms with E-state index in [9.17, 15) is 0 Å². The second-order valence-corrected chi connectivity index (χ2v) is 3.16. The van der Waals surface area contributed by atoms with Crippen LogP contribution >= 0.6 is 0 Å². The number of hydrazone groups is 1. The third kappa shape index (κ3) is 2.01. The van der Waals surface area contributed by atoms with Crippen molar-refractivity contribution in [1.82, 2.24) is 16.5 Å². The smallest absolute Gasteiger partial charge is 0.156 e. The maximum absolute atomic E-state index is 5.94. The molecule has 1 aromatic rings. The van der Waals surface area contributed by atoms with Crippen molar-refractivity contribution in [3.8, 4) is 0 Å². The predicted molar refractivity (Wildman–Crippen MR) is 55.0 cm³/mol. The minimum atomic E-state index is -0.111. The van der Waals surface area contributed by atoms with E-state index in [4.69, 9.17) is 5.73 Å². The third-order valence-electron chi connectivity index (χ3n) is 2.07. The van der Waals surface area contributed by atoms with Gasteiger partial charge in [0, 0.05) is 0 Å². The maximum atomic E-state index is 5.94. The Hall–Kier alpha value is -1.59. The van der Waals surface area contributed by atoms with Gasteiger partial charge in [0.2, 0.25) is 0 Å². The van der Waals surface area contributed by atoms with Crippen LogP contribution in [0.25, 0.3) is 0 Å². The monoisotopic (exact) mass is 191 g/mol. The molecule has 5 N–H and O–H groups in total. The number of nitrogens with two attached hydrogens (primary N) is 1. The first-order valence-corrected chi connectivity index (χ1v) is 4.49. The molecule has 0 amide bonds. The van der Waals surface area contributed by atoms with Crippen LogP contribution in [-0.4, -0.2) is 11.9 Å². The number of benzene rings is 1. The van der Waals surface area contributed by atoms with Crippen molar-refractivity contribution in [2.45, 2.75) is 12.5 Å². The topological polar surface area (TPSA) is 74.5 Å². The minimum Gasteiger partial charge on any atom is -0.321 e. The third-order valence-corrected chi connectivity index (χ3v) is 2.07. The van der Waals surface area contributed by atoms with Gasteiger partial charge in [-0.15, -0.1) is 10.6 Å². The summed E-state index contributed by atoms with van der Waals surface area (Å²) < 4.78 is 0. The lowest BCUT2D eigenvalue weighted by molar-refractivity contribution is 0.574. The summed E-state index contributed by atoms with van der Waals surface area (Å²) in [5.74, 6) is 0.730. The average Bonchev–Trinajstić information content (AvgIpc) is 2.72. The van der Waals surface area contributed by atoms with Gasteiger partial charge in [-0.1, -0.05) is 30.3 Å². The predicted octanol–water partition coefficient (Wildman–Crippen LogP) is -0.518. The van der Waals surface area contributed by atoms with E-state index in [1.807, 2.05) is 18.2 Å². The molecule has 5 heteroatoms. The van der Waals surface area contributed by atoms with Gasteiger partial charge in [0.25, 0.3) is 0 Å². The Labute approximate surface area is 82.3 Å². The highest BCUT2D eigenvalue weighted by Crippen LogP contribution is 2.02. The number of nitrogens with one attached hydrogen (secondary N) is 3. The first-order valence-electron chi connectivity index (χ1n) is 4.49. The maximum Gasteiger partial charge on any atom is 0.156 e. The molecule has 1 heterocycles. The molecule has 0 fully saturated rings. The number of nitrogens with zero attached hydrogens (tertiary/aromatic N) is 1. The second kappa shape index (κ2) is 4.08. The molecule has 2 rings (SSSR count). The summed E-state index contributed by atoms with van der Waals surface area (Å²) in [7, 11) is 0. The van der Waals surface area contributed by atoms with Gasteiger partial charge < -0.3 is 5.73 Å². The molecule has 14 heavy (non-hydrogen) atoms. The lowest BCUT2D eigenvalue weighted by atomic mass is 10.1. The summed E-state index contributed by atoms with van der Waals surface area (Å²) in [4.78, 5) is 0. The van der Waals surface area contributed by atoms with Crippen molar-refractivity contribution >= 4 is 5.84 Å². The Kier molecular flexibility index (Phi) is 2.62. The molecule has 1 atom stereocenters. The number of hydrogen-bond acceptors (Lipinski definition) is 5. The highest BCUT2D eigenvalue weighted by molar-refractivity contribution is 5.87. The van der Waals surface area contributed by atoms with E-state index in [1.54, 1.807) is 0 Å². The van der Waals surface area contributed by atoms with Crippen molar-refractivity contribution in [1.29, 1.82) is 0 Å². The molecular weight excluding hydrogens is 178 g/mol. The van der Waals surface area contributed by atoms with Gasteiger partial charge >= 0.3 is 0 Å². The lowest BCUT2D eigenvalue weighted by Gasteiger charge is -2.10. The molecule has 0 unspecified atom stereocenters. The molecule has 0 bridgehead atoms. The molecule has 0 spiro atoms. The Morgan fingerprint density at radius 3 is 2.71 bits per heavy atom. The van der Waals surface area contributed by atoms with E-state index < -0.39 is 0 Å². The molecular formula is C9H13N5. The average molecular weight is 191 g/mol. The zero-order valence-electron chi connectivity index (χ0n) is 7.70. The van der Waals surface area contributed by atoms with Crippen LogP contribution in [0.5, 0.6) is 0 Å². The molecule has 0 aromatic heterocycles. The minimum absolute atomic E-state index is 0.111. The lowest BCUT2D eigenvalue weighted by Crippen LogP contribution is -2.44. The molecule has 0 radical (unpaired) electrons. The van der Waals surface area contributed by atoms with E-state index in [2.05, 4.69) is 33.7 Å². The van der Waals surface area contributed by atoms with Crippen LogP contribution in [0.3, 0.4) is 0 Å². The largest absolute Gasteiger partial charge is 0.321 e. The summed E-state index contributed by atoms with van der Waals surface area (Å²) in [5, 5.41) is 3.95. The van der Waals surface area contributed by atoms with Crippen molar-refractivity contribution < 1.29 is 0 Å². The quantitative estimate of drug-likeness (QED) is 0.519. The van der Waals surface area contributed by atoms with Gasteiger partial charge in [-0.2, -0.15) is 0 Å². The Morgan fingerprint density at radius 1 is 1.29 bits per heavy atom. The highest BCUT2D eigenvalue weighted by Gasteiger charge is 2.14. The van der Waals surface area contributed by atoms with Crippen LogP contribution < -0.4 is 22.2 Å². The Balaban J connectivity index is 1.97. The highest BCUT2D eigenvalue weighted by atomic mass is 15.8. The van der Waals surface area contributed by atoms with Crippen LogP contribution in [0.4, 0.5) is 0 Å². The zero-order chi connectivity index (χ0) is 9.80. The first-order chi connectivity index (χ1) is 6.86. The summed E-state index contributed by atoms with van der Waals surface area (Å²) in [6.45, 7) is 0. The van der Waals surface area contributed by atoms with Crippen LogP contribution in [0, 0.1) is 0 Å². The molecule has 74 valence electrons. The van der Waals surface area contributed by atoms with Crippen molar-refractivity contribution in [3.05, 3.63) is 35.9 Å². The fourth-order valence-corrected chi connectivity index (χ4v) is 1.35. The van der Waals surface area contributed by atoms with Crippen molar-refractivity contribution in [2.75, 3.05) is 0 Å². The van der Waals surface area contributed by atoms with E-state index in [1.165, 1.54) is 5.56 Å². The molecule has 1 aliphatic heterocycles.